The quantitative estimate of drug-likeness (QED) is 0.821. The van der Waals surface area contributed by atoms with E-state index in [4.69, 9.17) is 0 Å². The van der Waals surface area contributed by atoms with Crippen LogP contribution in [0.5, 0.6) is 0 Å². The summed E-state index contributed by atoms with van der Waals surface area (Å²) in [6, 6.07) is 3.47. The minimum atomic E-state index is -4.67. The van der Waals surface area contributed by atoms with Crippen LogP contribution in [0.4, 0.5) is 17.6 Å². The van der Waals surface area contributed by atoms with Crippen LogP contribution in [0.1, 0.15) is 30.4 Å². The maximum absolute atomic E-state index is 14.2. The van der Waals surface area contributed by atoms with Gasteiger partial charge in [0.15, 0.2) is 0 Å². The van der Waals surface area contributed by atoms with Crippen LogP contribution in [0.3, 0.4) is 0 Å². The number of aliphatic hydroxyl groups excluding tert-OH is 1. The average molecular weight is 360 g/mol. The molecule has 2 aliphatic heterocycles. The smallest absolute Gasteiger partial charge is 0.392 e. The topological polar surface area (TPSA) is 26.7 Å². The van der Waals surface area contributed by atoms with Crippen LogP contribution < -0.4 is 0 Å². The highest BCUT2D eigenvalue weighted by Crippen LogP contribution is 2.40. The summed E-state index contributed by atoms with van der Waals surface area (Å²) in [5.74, 6) is -1.16. The predicted octanol–water partition coefficient (Wildman–Crippen LogP) is 3.12. The Kier molecular flexibility index (Phi) is 5.10. The van der Waals surface area contributed by atoms with Crippen LogP contribution in [-0.4, -0.2) is 54.2 Å². The first-order chi connectivity index (χ1) is 11.7. The minimum absolute atomic E-state index is 0.0648. The number of rotatable bonds is 2. The Balaban J connectivity index is 1.65. The number of β-amino-alcohol motifs (C(OH)–C–C–N with tert-alkyl or cyclic N) is 1. The Morgan fingerprint density at radius 2 is 1.92 bits per heavy atom. The molecule has 1 spiro atoms. The molecule has 2 aliphatic rings. The van der Waals surface area contributed by atoms with Gasteiger partial charge in [-0.2, -0.15) is 13.2 Å². The highest BCUT2D eigenvalue weighted by Gasteiger charge is 2.41. The first-order valence-corrected chi connectivity index (χ1v) is 8.62. The SMILES string of the molecule is CN1CC(O)CC2(CCN(Cc3cccc(C(F)(F)F)c3F)CC2)C1. The van der Waals surface area contributed by atoms with Crippen molar-refractivity contribution in [3.63, 3.8) is 0 Å². The van der Waals surface area contributed by atoms with Gasteiger partial charge >= 0.3 is 6.18 Å². The van der Waals surface area contributed by atoms with E-state index < -0.39 is 17.6 Å². The molecule has 7 heteroatoms. The fourth-order valence-corrected chi connectivity index (χ4v) is 4.34. The summed E-state index contributed by atoms with van der Waals surface area (Å²) in [7, 11) is 1.99. The molecule has 2 heterocycles. The molecule has 0 amide bonds. The highest BCUT2D eigenvalue weighted by atomic mass is 19.4. The molecule has 1 unspecified atom stereocenters. The van der Waals surface area contributed by atoms with E-state index in [9.17, 15) is 22.7 Å². The van der Waals surface area contributed by atoms with Crippen molar-refractivity contribution < 1.29 is 22.7 Å². The predicted molar refractivity (Wildman–Crippen MR) is 86.5 cm³/mol. The van der Waals surface area contributed by atoms with E-state index >= 15 is 0 Å². The van der Waals surface area contributed by atoms with Gasteiger partial charge < -0.3 is 10.0 Å². The van der Waals surface area contributed by atoms with Crippen molar-refractivity contribution in [1.29, 1.82) is 0 Å². The lowest BCUT2D eigenvalue weighted by Crippen LogP contribution is -2.52. The number of hydrogen-bond donors (Lipinski definition) is 1. The largest absolute Gasteiger partial charge is 0.419 e. The molecule has 1 N–H and O–H groups in total. The Bertz CT molecular complexity index is 600. The van der Waals surface area contributed by atoms with Gasteiger partial charge in [0.1, 0.15) is 5.82 Å². The summed E-state index contributed by atoms with van der Waals surface area (Å²) < 4.78 is 52.7. The molecule has 3 rings (SSSR count). The van der Waals surface area contributed by atoms with Crippen molar-refractivity contribution in [3.05, 3.63) is 35.1 Å². The third-order valence-electron chi connectivity index (χ3n) is 5.49. The molecule has 1 aromatic carbocycles. The molecular formula is C18H24F4N2O. The van der Waals surface area contributed by atoms with Gasteiger partial charge in [0, 0.05) is 25.2 Å². The van der Waals surface area contributed by atoms with Crippen molar-refractivity contribution in [1.82, 2.24) is 9.80 Å². The molecule has 0 radical (unpaired) electrons. The summed E-state index contributed by atoms with van der Waals surface area (Å²) >= 11 is 0. The van der Waals surface area contributed by atoms with Crippen molar-refractivity contribution in [2.45, 2.75) is 38.1 Å². The summed E-state index contributed by atoms with van der Waals surface area (Å²) in [6.45, 7) is 3.20. The number of halogens is 4. The second kappa shape index (κ2) is 6.85. The van der Waals surface area contributed by atoms with Crippen molar-refractivity contribution in [2.75, 3.05) is 33.2 Å². The van der Waals surface area contributed by atoms with Crippen LogP contribution >= 0.6 is 0 Å². The fourth-order valence-electron chi connectivity index (χ4n) is 4.34. The number of likely N-dealkylation sites (N-methyl/N-ethyl adjacent to an activating group) is 1. The molecule has 2 saturated heterocycles. The Morgan fingerprint density at radius 3 is 2.52 bits per heavy atom. The average Bonchev–Trinajstić information content (AvgIpc) is 2.49. The van der Waals surface area contributed by atoms with Crippen LogP contribution in [0.25, 0.3) is 0 Å². The maximum Gasteiger partial charge on any atom is 0.419 e. The van der Waals surface area contributed by atoms with Gasteiger partial charge in [-0.3, -0.25) is 4.90 Å². The fraction of sp³-hybridized carbons (Fsp3) is 0.667. The lowest BCUT2D eigenvalue weighted by molar-refractivity contribution is -0.140. The summed E-state index contributed by atoms with van der Waals surface area (Å²) in [5.41, 5.74) is -1.04. The van der Waals surface area contributed by atoms with Crippen molar-refractivity contribution in [3.8, 4) is 0 Å². The number of nitrogens with zero attached hydrogens (tertiary/aromatic N) is 2. The molecule has 25 heavy (non-hydrogen) atoms. The van der Waals surface area contributed by atoms with E-state index in [1.807, 2.05) is 11.9 Å². The third kappa shape index (κ3) is 4.15. The normalized spacial score (nSPS) is 25.4. The second-order valence-electron chi connectivity index (χ2n) is 7.61. The number of alkyl halides is 3. The molecule has 140 valence electrons. The standard InChI is InChI=1S/C18H24F4N2O/c1-23-11-14(25)9-17(12-23)5-7-24(8-6-17)10-13-3-2-4-15(16(13)19)18(20,21)22/h2-4,14,25H,5-12H2,1H3. The first-order valence-electron chi connectivity index (χ1n) is 8.62. The van der Waals surface area contributed by atoms with E-state index in [0.717, 1.165) is 31.9 Å². The number of piperidine rings is 2. The molecule has 1 aromatic rings. The number of aliphatic hydroxyl groups is 1. The molecule has 0 aromatic heterocycles. The van der Waals surface area contributed by atoms with Crippen LogP contribution in [0, 0.1) is 11.2 Å². The van der Waals surface area contributed by atoms with Crippen LogP contribution in [0.2, 0.25) is 0 Å². The zero-order valence-corrected chi connectivity index (χ0v) is 14.3. The van der Waals surface area contributed by atoms with Crippen LogP contribution in [0.15, 0.2) is 18.2 Å². The molecule has 0 bridgehead atoms. The van der Waals surface area contributed by atoms with E-state index in [-0.39, 0.29) is 23.6 Å². The van der Waals surface area contributed by atoms with Gasteiger partial charge in [-0.1, -0.05) is 12.1 Å². The monoisotopic (exact) mass is 360 g/mol. The minimum Gasteiger partial charge on any atom is -0.392 e. The van der Waals surface area contributed by atoms with Gasteiger partial charge in [-0.05, 0) is 50.9 Å². The van der Waals surface area contributed by atoms with Crippen LogP contribution in [-0.2, 0) is 12.7 Å². The third-order valence-corrected chi connectivity index (χ3v) is 5.49. The van der Waals surface area contributed by atoms with Gasteiger partial charge in [0.2, 0.25) is 0 Å². The van der Waals surface area contributed by atoms with Gasteiger partial charge in [-0.15, -0.1) is 0 Å². The van der Waals surface area contributed by atoms with E-state index in [1.165, 1.54) is 12.1 Å². The second-order valence-corrected chi connectivity index (χ2v) is 7.61. The Labute approximate surface area is 145 Å². The molecule has 1 atom stereocenters. The van der Waals surface area contributed by atoms with Crippen molar-refractivity contribution >= 4 is 0 Å². The molecule has 2 fully saturated rings. The lowest BCUT2D eigenvalue weighted by Gasteiger charge is -2.48. The zero-order valence-electron chi connectivity index (χ0n) is 14.3. The lowest BCUT2D eigenvalue weighted by atomic mass is 9.71. The maximum atomic E-state index is 14.2. The zero-order chi connectivity index (χ0) is 18.2. The first kappa shape index (κ1) is 18.6. The molecule has 3 nitrogen and oxygen atoms in total. The number of likely N-dealkylation sites (tertiary alicyclic amines) is 2. The summed E-state index contributed by atoms with van der Waals surface area (Å²) in [6.07, 6.45) is -2.49. The van der Waals surface area contributed by atoms with E-state index in [2.05, 4.69) is 4.90 Å². The van der Waals surface area contributed by atoms with E-state index in [1.54, 1.807) is 0 Å². The number of hydrogen-bond acceptors (Lipinski definition) is 3. The highest BCUT2D eigenvalue weighted by molar-refractivity contribution is 5.28. The van der Waals surface area contributed by atoms with Gasteiger partial charge in [0.25, 0.3) is 0 Å². The summed E-state index contributed by atoms with van der Waals surface area (Å²) in [4.78, 5) is 4.14. The molecule has 0 saturated carbocycles. The summed E-state index contributed by atoms with van der Waals surface area (Å²) in [5, 5.41) is 10.0. The van der Waals surface area contributed by atoms with E-state index in [0.29, 0.717) is 19.6 Å². The molecule has 0 aliphatic carbocycles. The van der Waals surface area contributed by atoms with Gasteiger partial charge in [0.05, 0.1) is 11.7 Å². The molecular weight excluding hydrogens is 336 g/mol. The number of benzene rings is 1. The Hall–Kier alpha value is -1.18. The van der Waals surface area contributed by atoms with Crippen molar-refractivity contribution in [2.24, 2.45) is 5.41 Å². The van der Waals surface area contributed by atoms with Gasteiger partial charge in [-0.25, -0.2) is 4.39 Å². The Morgan fingerprint density at radius 1 is 1.24 bits per heavy atom.